The van der Waals surface area contributed by atoms with Gasteiger partial charge in [-0.15, -0.1) is 0 Å². The molecular weight excluding hydrogens is 390 g/mol. The summed E-state index contributed by atoms with van der Waals surface area (Å²) in [5.41, 5.74) is 3.08. The van der Waals surface area contributed by atoms with Crippen molar-refractivity contribution < 1.29 is 4.79 Å². The summed E-state index contributed by atoms with van der Waals surface area (Å²) in [6.45, 7) is 12.1. The number of amides is 1. The number of aromatic nitrogens is 4. The normalized spacial score (nSPS) is 15.6. The molecular formula is C23H31N7O. The van der Waals surface area contributed by atoms with Gasteiger partial charge >= 0.3 is 0 Å². The number of hydrogen-bond donors (Lipinski definition) is 2. The number of hydrogen-bond acceptors (Lipinski definition) is 6. The first kappa shape index (κ1) is 22.4. The van der Waals surface area contributed by atoms with Crippen molar-refractivity contribution in [3.63, 3.8) is 0 Å². The average Bonchev–Trinajstić information content (AvgIpc) is 3.26. The monoisotopic (exact) mass is 421 g/mol. The molecule has 31 heavy (non-hydrogen) atoms. The minimum Gasteiger partial charge on any atom is -0.365 e. The van der Waals surface area contributed by atoms with Gasteiger partial charge in [0, 0.05) is 35.3 Å². The molecule has 2 aromatic heterocycles. The first-order chi connectivity index (χ1) is 14.7. The van der Waals surface area contributed by atoms with Crippen LogP contribution in [0.15, 0.2) is 58.4 Å². The summed E-state index contributed by atoms with van der Waals surface area (Å²) in [5, 5.41) is 10.8. The number of aliphatic imine (C=N–C) groups is 1. The zero-order valence-corrected chi connectivity index (χ0v) is 19.1. The fraction of sp³-hybridized carbons (Fsp3) is 0.435. The first-order valence-corrected chi connectivity index (χ1v) is 10.6. The van der Waals surface area contributed by atoms with Gasteiger partial charge < -0.3 is 10.6 Å². The lowest BCUT2D eigenvalue weighted by molar-refractivity contribution is -0.112. The van der Waals surface area contributed by atoms with Gasteiger partial charge in [0.05, 0.1) is 18.1 Å². The highest BCUT2D eigenvalue weighted by atomic mass is 16.1. The third-order valence-corrected chi connectivity index (χ3v) is 5.10. The molecule has 2 heterocycles. The van der Waals surface area contributed by atoms with Crippen LogP contribution in [0.25, 0.3) is 5.95 Å². The molecule has 0 bridgehead atoms. The van der Waals surface area contributed by atoms with E-state index >= 15 is 0 Å². The van der Waals surface area contributed by atoms with E-state index in [1.165, 1.54) is 4.68 Å². The minimum absolute atomic E-state index is 0.0437. The van der Waals surface area contributed by atoms with Crippen LogP contribution in [0.5, 0.6) is 0 Å². The van der Waals surface area contributed by atoms with Crippen molar-refractivity contribution in [1.29, 1.82) is 0 Å². The molecule has 8 heteroatoms. The number of nitrogens with one attached hydrogen (secondary N) is 2. The second kappa shape index (κ2) is 9.24. The summed E-state index contributed by atoms with van der Waals surface area (Å²) in [4.78, 5) is 26.3. The summed E-state index contributed by atoms with van der Waals surface area (Å²) in [6, 6.07) is 1.74. The Morgan fingerprint density at radius 2 is 1.94 bits per heavy atom. The van der Waals surface area contributed by atoms with Gasteiger partial charge in [-0.1, -0.05) is 19.4 Å². The van der Waals surface area contributed by atoms with Crippen LogP contribution in [-0.4, -0.2) is 37.4 Å². The zero-order valence-electron chi connectivity index (χ0n) is 19.1. The van der Waals surface area contributed by atoms with Gasteiger partial charge in [-0.05, 0) is 52.5 Å². The quantitative estimate of drug-likeness (QED) is 0.381. The number of carbonyl (C=O) groups excluding carboxylic acids is 1. The maximum atomic E-state index is 13.4. The van der Waals surface area contributed by atoms with E-state index in [2.05, 4.69) is 51.5 Å². The third-order valence-electron chi connectivity index (χ3n) is 5.10. The summed E-state index contributed by atoms with van der Waals surface area (Å²) >= 11 is 0. The van der Waals surface area contributed by atoms with E-state index in [0.29, 0.717) is 17.2 Å². The van der Waals surface area contributed by atoms with E-state index in [0.717, 1.165) is 29.8 Å². The van der Waals surface area contributed by atoms with Crippen molar-refractivity contribution in [3.05, 3.63) is 53.4 Å². The Balaban J connectivity index is 1.93. The van der Waals surface area contributed by atoms with Crippen LogP contribution in [0.4, 0.5) is 5.69 Å². The molecule has 1 fully saturated rings. The number of nitrogens with zero attached hydrogens (tertiary/aromatic N) is 5. The highest BCUT2D eigenvalue weighted by Crippen LogP contribution is 2.37. The fourth-order valence-electron chi connectivity index (χ4n) is 3.30. The predicted molar refractivity (Wildman–Crippen MR) is 123 cm³/mol. The molecule has 8 nitrogen and oxygen atoms in total. The fourth-order valence-corrected chi connectivity index (χ4v) is 3.30. The van der Waals surface area contributed by atoms with Gasteiger partial charge in [0.15, 0.2) is 0 Å². The van der Waals surface area contributed by atoms with Gasteiger partial charge in [-0.3, -0.25) is 4.79 Å². The van der Waals surface area contributed by atoms with Crippen molar-refractivity contribution in [2.75, 3.05) is 5.32 Å². The molecule has 1 saturated carbocycles. The lowest BCUT2D eigenvalue weighted by atomic mass is 9.91. The van der Waals surface area contributed by atoms with Crippen molar-refractivity contribution >= 4 is 17.8 Å². The molecule has 0 aromatic carbocycles. The van der Waals surface area contributed by atoms with Crippen LogP contribution in [0.2, 0.25) is 0 Å². The number of anilines is 1. The Kier molecular flexibility index (Phi) is 6.68. The van der Waals surface area contributed by atoms with E-state index in [9.17, 15) is 4.79 Å². The second-order valence-corrected chi connectivity index (χ2v) is 8.54. The van der Waals surface area contributed by atoms with Gasteiger partial charge in [0.25, 0.3) is 5.91 Å². The summed E-state index contributed by atoms with van der Waals surface area (Å²) < 4.78 is 1.53. The highest BCUT2D eigenvalue weighted by Gasteiger charge is 2.38. The van der Waals surface area contributed by atoms with Crippen molar-refractivity contribution in [3.8, 4) is 5.95 Å². The predicted octanol–water partition coefficient (Wildman–Crippen LogP) is 4.04. The average molecular weight is 422 g/mol. The summed E-state index contributed by atoms with van der Waals surface area (Å²) in [6.07, 6.45) is 10.5. The minimum atomic E-state index is -0.191. The number of rotatable bonds is 8. The molecule has 1 aliphatic carbocycles. The van der Waals surface area contributed by atoms with Crippen molar-refractivity contribution in [1.82, 2.24) is 25.1 Å². The molecule has 0 aliphatic heterocycles. The Morgan fingerprint density at radius 1 is 1.26 bits per heavy atom. The molecule has 0 atom stereocenters. The third kappa shape index (κ3) is 5.45. The lowest BCUT2D eigenvalue weighted by Crippen LogP contribution is -2.30. The molecule has 1 aliphatic rings. The second-order valence-electron chi connectivity index (χ2n) is 8.54. The van der Waals surface area contributed by atoms with Crippen LogP contribution >= 0.6 is 0 Å². The highest BCUT2D eigenvalue weighted by molar-refractivity contribution is 6.07. The maximum absolute atomic E-state index is 13.4. The Hall–Kier alpha value is -3.29. The van der Waals surface area contributed by atoms with Crippen LogP contribution in [0.3, 0.4) is 0 Å². The largest absolute Gasteiger partial charge is 0.365 e. The van der Waals surface area contributed by atoms with Crippen LogP contribution in [0.1, 0.15) is 54.4 Å². The standard InChI is InChI=1S/C23H31N7O/c1-7-24-20(29-23(6)9-10-23)18(15(2)3)19(16(4)5)21(31)28-17-13-27-30(14-17)22-25-11-8-12-26-22/h7-8,11-15,29H,9-10H2,1-6H3,(H,28,31)/b20-18-,24-7?. The molecule has 0 radical (unpaired) electrons. The van der Waals surface area contributed by atoms with E-state index in [1.54, 1.807) is 37.1 Å². The van der Waals surface area contributed by atoms with E-state index < -0.39 is 0 Å². The first-order valence-electron chi connectivity index (χ1n) is 10.6. The van der Waals surface area contributed by atoms with Crippen LogP contribution in [0, 0.1) is 5.92 Å². The van der Waals surface area contributed by atoms with E-state index in [-0.39, 0.29) is 17.4 Å². The molecule has 2 aromatic rings. The molecule has 2 N–H and O–H groups in total. The van der Waals surface area contributed by atoms with E-state index in [1.807, 2.05) is 20.8 Å². The topological polar surface area (TPSA) is 97.1 Å². The Labute approximate surface area is 183 Å². The lowest BCUT2D eigenvalue weighted by Gasteiger charge is -2.23. The molecule has 3 rings (SSSR count). The molecule has 0 unspecified atom stereocenters. The van der Waals surface area contributed by atoms with Gasteiger partial charge in [0.1, 0.15) is 5.82 Å². The molecule has 164 valence electrons. The van der Waals surface area contributed by atoms with Gasteiger partial charge in [-0.2, -0.15) is 5.10 Å². The molecule has 0 saturated heterocycles. The maximum Gasteiger partial charge on any atom is 0.256 e. The van der Waals surface area contributed by atoms with Crippen LogP contribution < -0.4 is 10.6 Å². The smallest absolute Gasteiger partial charge is 0.256 e. The van der Waals surface area contributed by atoms with Crippen LogP contribution in [-0.2, 0) is 4.79 Å². The number of allylic oxidation sites excluding steroid dienone is 1. The van der Waals surface area contributed by atoms with Crippen molar-refractivity contribution in [2.24, 2.45) is 10.9 Å². The Morgan fingerprint density at radius 3 is 2.48 bits per heavy atom. The molecule has 0 spiro atoms. The SMILES string of the molecule is CC=N/C(NC1(C)CC1)=C(/C(C(=O)Nc1cnn(-c2ncccn2)c1)=C(C)C)C(C)C. The molecule has 1 amide bonds. The van der Waals surface area contributed by atoms with Gasteiger partial charge in [0.2, 0.25) is 5.95 Å². The van der Waals surface area contributed by atoms with Crippen molar-refractivity contribution in [2.45, 2.75) is 59.9 Å². The Bertz CT molecular complexity index is 1020. The number of carbonyl (C=O) groups is 1. The van der Waals surface area contributed by atoms with E-state index in [4.69, 9.17) is 0 Å². The zero-order chi connectivity index (χ0) is 22.6. The summed E-state index contributed by atoms with van der Waals surface area (Å²) in [7, 11) is 0. The summed E-state index contributed by atoms with van der Waals surface area (Å²) in [5.74, 6) is 1.11. The van der Waals surface area contributed by atoms with Gasteiger partial charge in [-0.25, -0.2) is 19.6 Å².